The first kappa shape index (κ1) is 13.0. The molecule has 3 rings (SSSR count). The topological polar surface area (TPSA) is 44.5 Å². The van der Waals surface area contributed by atoms with Crippen LogP contribution in [-0.2, 0) is 12.0 Å². The van der Waals surface area contributed by atoms with Crippen molar-refractivity contribution < 1.29 is 9.47 Å². The van der Waals surface area contributed by atoms with Crippen LogP contribution in [-0.4, -0.2) is 14.2 Å². The number of methoxy groups -OCH3 is 2. The molecular formula is C17H19NO2. The lowest BCUT2D eigenvalue weighted by Crippen LogP contribution is -2.35. The van der Waals surface area contributed by atoms with E-state index in [1.165, 1.54) is 11.1 Å². The molecule has 1 atom stereocenters. The van der Waals surface area contributed by atoms with Crippen LogP contribution in [0.4, 0.5) is 0 Å². The van der Waals surface area contributed by atoms with Crippen molar-refractivity contribution in [3.63, 3.8) is 0 Å². The second-order valence-corrected chi connectivity index (χ2v) is 5.23. The van der Waals surface area contributed by atoms with Crippen molar-refractivity contribution in [3.8, 4) is 11.5 Å². The van der Waals surface area contributed by atoms with E-state index in [0.717, 1.165) is 29.9 Å². The summed E-state index contributed by atoms with van der Waals surface area (Å²) in [5, 5.41) is 0. The first-order valence-corrected chi connectivity index (χ1v) is 6.78. The van der Waals surface area contributed by atoms with Gasteiger partial charge in [0.15, 0.2) is 0 Å². The molecule has 0 fully saturated rings. The Bertz CT molecular complexity index is 616. The highest BCUT2D eigenvalue weighted by atomic mass is 16.5. The van der Waals surface area contributed by atoms with E-state index in [4.69, 9.17) is 15.2 Å². The molecule has 0 amide bonds. The maximum Gasteiger partial charge on any atom is 0.122 e. The quantitative estimate of drug-likeness (QED) is 0.932. The number of benzene rings is 2. The molecule has 1 aliphatic carbocycles. The number of hydrogen-bond donors (Lipinski definition) is 1. The summed E-state index contributed by atoms with van der Waals surface area (Å²) < 4.78 is 10.7. The Balaban J connectivity index is 2.13. The Morgan fingerprint density at radius 1 is 1.00 bits per heavy atom. The maximum absolute atomic E-state index is 6.73. The minimum Gasteiger partial charge on any atom is -0.497 e. The minimum absolute atomic E-state index is 0.460. The van der Waals surface area contributed by atoms with Gasteiger partial charge in [-0.15, -0.1) is 0 Å². The molecule has 1 unspecified atom stereocenters. The molecule has 2 N–H and O–H groups in total. The monoisotopic (exact) mass is 269 g/mol. The van der Waals surface area contributed by atoms with Crippen LogP contribution in [0.15, 0.2) is 42.5 Å². The lowest BCUT2D eigenvalue weighted by Gasteiger charge is -2.27. The smallest absolute Gasteiger partial charge is 0.122 e. The fraction of sp³-hybridized carbons (Fsp3) is 0.294. The zero-order chi connectivity index (χ0) is 14.2. The summed E-state index contributed by atoms with van der Waals surface area (Å²) in [5.41, 5.74) is 9.84. The van der Waals surface area contributed by atoms with Crippen LogP contribution in [0, 0.1) is 0 Å². The lowest BCUT2D eigenvalue weighted by atomic mass is 9.85. The van der Waals surface area contributed by atoms with Gasteiger partial charge in [0, 0.05) is 6.07 Å². The molecule has 3 heteroatoms. The molecule has 0 bridgehead atoms. The fourth-order valence-corrected chi connectivity index (χ4v) is 3.00. The van der Waals surface area contributed by atoms with Gasteiger partial charge in [0.25, 0.3) is 0 Å². The van der Waals surface area contributed by atoms with Crippen LogP contribution in [0.2, 0.25) is 0 Å². The molecule has 2 aromatic carbocycles. The zero-order valence-corrected chi connectivity index (χ0v) is 11.8. The molecule has 0 radical (unpaired) electrons. The molecule has 0 saturated carbocycles. The van der Waals surface area contributed by atoms with E-state index in [0.29, 0.717) is 0 Å². The lowest BCUT2D eigenvalue weighted by molar-refractivity contribution is 0.390. The van der Waals surface area contributed by atoms with Crippen molar-refractivity contribution in [1.82, 2.24) is 0 Å². The van der Waals surface area contributed by atoms with Crippen molar-refractivity contribution in [1.29, 1.82) is 0 Å². The molecule has 0 aromatic heterocycles. The molecule has 1 aliphatic rings. The number of fused-ring (bicyclic) bond motifs is 1. The number of nitrogens with two attached hydrogens (primary N) is 1. The zero-order valence-electron chi connectivity index (χ0n) is 11.8. The second-order valence-electron chi connectivity index (χ2n) is 5.23. The van der Waals surface area contributed by atoms with Gasteiger partial charge in [-0.3, -0.25) is 0 Å². The first-order chi connectivity index (χ1) is 9.67. The van der Waals surface area contributed by atoms with Crippen LogP contribution in [0.5, 0.6) is 11.5 Å². The van der Waals surface area contributed by atoms with Crippen molar-refractivity contribution >= 4 is 0 Å². The summed E-state index contributed by atoms with van der Waals surface area (Å²) in [6.07, 6.45) is 1.91. The molecule has 104 valence electrons. The largest absolute Gasteiger partial charge is 0.497 e. The molecule has 3 nitrogen and oxygen atoms in total. The van der Waals surface area contributed by atoms with Crippen molar-refractivity contribution in [2.75, 3.05) is 14.2 Å². The van der Waals surface area contributed by atoms with Gasteiger partial charge in [-0.1, -0.05) is 24.3 Å². The van der Waals surface area contributed by atoms with E-state index >= 15 is 0 Å². The number of hydrogen-bond acceptors (Lipinski definition) is 3. The highest BCUT2D eigenvalue weighted by molar-refractivity contribution is 5.50. The summed E-state index contributed by atoms with van der Waals surface area (Å²) in [7, 11) is 3.31. The van der Waals surface area contributed by atoms with E-state index in [2.05, 4.69) is 18.2 Å². The van der Waals surface area contributed by atoms with E-state index in [1.807, 2.05) is 24.3 Å². The number of ether oxygens (including phenoxy) is 2. The fourth-order valence-electron chi connectivity index (χ4n) is 3.00. The Hall–Kier alpha value is -2.00. The molecule has 0 saturated heterocycles. The predicted molar refractivity (Wildman–Crippen MR) is 79.3 cm³/mol. The van der Waals surface area contributed by atoms with Crippen LogP contribution < -0.4 is 15.2 Å². The summed E-state index contributed by atoms with van der Waals surface area (Å²) in [5.74, 6) is 1.54. The number of rotatable bonds is 3. The summed E-state index contributed by atoms with van der Waals surface area (Å²) >= 11 is 0. The summed E-state index contributed by atoms with van der Waals surface area (Å²) in [6.45, 7) is 0. The minimum atomic E-state index is -0.460. The Kier molecular flexibility index (Phi) is 3.14. The average molecular weight is 269 g/mol. The Morgan fingerprint density at radius 3 is 2.30 bits per heavy atom. The van der Waals surface area contributed by atoms with Crippen molar-refractivity contribution in [2.24, 2.45) is 5.73 Å². The van der Waals surface area contributed by atoms with Gasteiger partial charge in [-0.2, -0.15) is 0 Å². The molecule has 2 aromatic rings. The van der Waals surface area contributed by atoms with Crippen LogP contribution in [0.1, 0.15) is 23.1 Å². The van der Waals surface area contributed by atoms with Gasteiger partial charge in [0.05, 0.1) is 19.8 Å². The van der Waals surface area contributed by atoms with Gasteiger partial charge in [-0.05, 0) is 41.7 Å². The Labute approximate surface area is 119 Å². The third-order valence-corrected chi connectivity index (χ3v) is 4.15. The van der Waals surface area contributed by atoms with Gasteiger partial charge >= 0.3 is 0 Å². The van der Waals surface area contributed by atoms with Crippen molar-refractivity contribution in [3.05, 3.63) is 59.2 Å². The summed E-state index contributed by atoms with van der Waals surface area (Å²) in [6, 6.07) is 14.3. The standard InChI is InChI=1S/C17H19NO2/c1-19-14-9-13(10-15(11-14)20-2)17(18)8-7-12-5-3-4-6-16(12)17/h3-6,9-11H,7-8,18H2,1-2H3. The van der Waals surface area contributed by atoms with Crippen LogP contribution in [0.3, 0.4) is 0 Å². The van der Waals surface area contributed by atoms with E-state index in [1.54, 1.807) is 14.2 Å². The summed E-state index contributed by atoms with van der Waals surface area (Å²) in [4.78, 5) is 0. The SMILES string of the molecule is COc1cc(OC)cc(C2(N)CCc3ccccc32)c1. The van der Waals surface area contributed by atoms with Crippen LogP contribution in [0.25, 0.3) is 0 Å². The molecule has 20 heavy (non-hydrogen) atoms. The van der Waals surface area contributed by atoms with Gasteiger partial charge in [0.2, 0.25) is 0 Å². The average Bonchev–Trinajstić information content (AvgIpc) is 2.86. The van der Waals surface area contributed by atoms with E-state index < -0.39 is 5.54 Å². The predicted octanol–water partition coefficient (Wildman–Crippen LogP) is 2.85. The molecule has 0 heterocycles. The normalized spacial score (nSPS) is 20.6. The first-order valence-electron chi connectivity index (χ1n) is 6.78. The maximum atomic E-state index is 6.73. The highest BCUT2D eigenvalue weighted by Gasteiger charge is 2.36. The Morgan fingerprint density at radius 2 is 1.65 bits per heavy atom. The van der Waals surface area contributed by atoms with Gasteiger partial charge in [0.1, 0.15) is 11.5 Å². The third-order valence-electron chi connectivity index (χ3n) is 4.15. The van der Waals surface area contributed by atoms with E-state index in [-0.39, 0.29) is 0 Å². The van der Waals surface area contributed by atoms with E-state index in [9.17, 15) is 0 Å². The van der Waals surface area contributed by atoms with Gasteiger partial charge in [-0.25, -0.2) is 0 Å². The van der Waals surface area contributed by atoms with Gasteiger partial charge < -0.3 is 15.2 Å². The highest BCUT2D eigenvalue weighted by Crippen LogP contribution is 2.41. The van der Waals surface area contributed by atoms with Crippen LogP contribution >= 0.6 is 0 Å². The molecule has 0 spiro atoms. The molecular weight excluding hydrogens is 250 g/mol. The second kappa shape index (κ2) is 4.84. The van der Waals surface area contributed by atoms with Crippen molar-refractivity contribution in [2.45, 2.75) is 18.4 Å². The number of aryl methyl sites for hydroxylation is 1. The third kappa shape index (κ3) is 1.95. The molecule has 0 aliphatic heterocycles.